The van der Waals surface area contributed by atoms with E-state index in [1.54, 1.807) is 19.1 Å². The van der Waals surface area contributed by atoms with Crippen molar-refractivity contribution in [3.05, 3.63) is 66.1 Å². The summed E-state index contributed by atoms with van der Waals surface area (Å²) in [4.78, 5) is 26.7. The number of furan rings is 1. The van der Waals surface area contributed by atoms with Crippen molar-refractivity contribution in [2.24, 2.45) is 0 Å². The molecule has 0 fully saturated rings. The molecule has 5 nitrogen and oxygen atoms in total. The molecule has 0 saturated carbocycles. The van der Waals surface area contributed by atoms with E-state index in [0.29, 0.717) is 5.69 Å². The minimum Gasteiger partial charge on any atom is -0.467 e. The summed E-state index contributed by atoms with van der Waals surface area (Å²) in [7, 11) is 1.31. The molecule has 0 N–H and O–H groups in total. The van der Waals surface area contributed by atoms with Gasteiger partial charge in [0.2, 0.25) is 0 Å². The third-order valence-corrected chi connectivity index (χ3v) is 4.22. The smallest absolute Gasteiger partial charge is 0.328 e. The van der Waals surface area contributed by atoms with Crippen molar-refractivity contribution in [1.29, 1.82) is 0 Å². The molecule has 0 radical (unpaired) electrons. The predicted molar refractivity (Wildman–Crippen MR) is 95.7 cm³/mol. The van der Waals surface area contributed by atoms with Crippen LogP contribution in [0.3, 0.4) is 0 Å². The summed E-state index contributed by atoms with van der Waals surface area (Å²) >= 11 is 0. The Kier molecular flexibility index (Phi) is 4.57. The maximum atomic E-state index is 13.1. The molecule has 0 aliphatic heterocycles. The van der Waals surface area contributed by atoms with E-state index in [-0.39, 0.29) is 11.7 Å². The summed E-state index contributed by atoms with van der Waals surface area (Å²) < 4.78 is 10.1. The van der Waals surface area contributed by atoms with E-state index in [4.69, 9.17) is 9.15 Å². The fraction of sp³-hybridized carbons (Fsp3) is 0.200. The highest BCUT2D eigenvalue weighted by Gasteiger charge is 2.32. The number of amides is 1. The van der Waals surface area contributed by atoms with Crippen LogP contribution in [0.4, 0.5) is 5.69 Å². The average Bonchev–Trinajstić information content (AvgIpc) is 3.17. The van der Waals surface area contributed by atoms with Crippen molar-refractivity contribution in [2.45, 2.75) is 19.9 Å². The van der Waals surface area contributed by atoms with E-state index >= 15 is 0 Å². The molecule has 1 heterocycles. The van der Waals surface area contributed by atoms with Gasteiger partial charge in [-0.15, -0.1) is 0 Å². The van der Waals surface area contributed by atoms with Crippen LogP contribution in [0.1, 0.15) is 23.0 Å². The summed E-state index contributed by atoms with van der Waals surface area (Å²) in [6, 6.07) is 14.1. The first kappa shape index (κ1) is 16.8. The Labute approximate surface area is 145 Å². The first-order valence-electron chi connectivity index (χ1n) is 7.98. The van der Waals surface area contributed by atoms with Gasteiger partial charge in [-0.25, -0.2) is 4.79 Å². The first-order chi connectivity index (χ1) is 12.0. The second-order valence-electron chi connectivity index (χ2n) is 5.80. The molecule has 1 atom stereocenters. The lowest BCUT2D eigenvalue weighted by Crippen LogP contribution is -2.44. The molecular formula is C20H19NO4. The van der Waals surface area contributed by atoms with Crippen molar-refractivity contribution in [1.82, 2.24) is 0 Å². The Hall–Kier alpha value is -3.08. The number of hydrogen-bond acceptors (Lipinski definition) is 4. The molecule has 5 heteroatoms. The summed E-state index contributed by atoms with van der Waals surface area (Å²) in [6.45, 7) is 3.56. The second kappa shape index (κ2) is 6.81. The molecule has 0 aliphatic rings. The zero-order chi connectivity index (χ0) is 18.0. The molecule has 25 heavy (non-hydrogen) atoms. The lowest BCUT2D eigenvalue weighted by molar-refractivity contribution is -0.141. The van der Waals surface area contributed by atoms with Gasteiger partial charge in [-0.3, -0.25) is 9.69 Å². The van der Waals surface area contributed by atoms with Crippen LogP contribution in [0.15, 0.2) is 59.2 Å². The van der Waals surface area contributed by atoms with Gasteiger partial charge in [-0.1, -0.05) is 36.4 Å². The number of ether oxygens (including phenoxy) is 1. The Morgan fingerprint density at radius 3 is 2.52 bits per heavy atom. The topological polar surface area (TPSA) is 59.8 Å². The van der Waals surface area contributed by atoms with Crippen LogP contribution in [0.2, 0.25) is 0 Å². The number of hydrogen-bond donors (Lipinski definition) is 0. The molecule has 0 aliphatic carbocycles. The van der Waals surface area contributed by atoms with Gasteiger partial charge in [0, 0.05) is 5.39 Å². The maximum Gasteiger partial charge on any atom is 0.328 e. The predicted octanol–water partition coefficient (Wildman–Crippen LogP) is 3.95. The van der Waals surface area contributed by atoms with E-state index in [0.717, 1.165) is 16.3 Å². The lowest BCUT2D eigenvalue weighted by atomic mass is 10.0. The number of anilines is 1. The van der Waals surface area contributed by atoms with E-state index < -0.39 is 12.0 Å². The van der Waals surface area contributed by atoms with Gasteiger partial charge in [-0.2, -0.15) is 0 Å². The summed E-state index contributed by atoms with van der Waals surface area (Å²) in [5, 5.41) is 1.87. The van der Waals surface area contributed by atoms with Crippen LogP contribution < -0.4 is 4.90 Å². The Balaban J connectivity index is 2.23. The van der Waals surface area contributed by atoms with Gasteiger partial charge in [0.15, 0.2) is 5.76 Å². The lowest BCUT2D eigenvalue weighted by Gasteiger charge is -2.29. The number of rotatable bonds is 4. The fourth-order valence-corrected chi connectivity index (χ4v) is 2.95. The number of carbonyl (C=O) groups excluding carboxylic acids is 2. The van der Waals surface area contributed by atoms with E-state index in [9.17, 15) is 9.59 Å². The number of carbonyl (C=O) groups is 2. The molecule has 3 aromatic rings. The zero-order valence-electron chi connectivity index (χ0n) is 14.4. The van der Waals surface area contributed by atoms with Crippen molar-refractivity contribution in [3.63, 3.8) is 0 Å². The van der Waals surface area contributed by atoms with Crippen LogP contribution in [0, 0.1) is 6.92 Å². The highest BCUT2D eigenvalue weighted by atomic mass is 16.5. The third kappa shape index (κ3) is 3.01. The summed E-state index contributed by atoms with van der Waals surface area (Å²) in [5.41, 5.74) is 1.56. The zero-order valence-corrected chi connectivity index (χ0v) is 14.4. The van der Waals surface area contributed by atoms with Crippen molar-refractivity contribution < 1.29 is 18.7 Å². The van der Waals surface area contributed by atoms with Gasteiger partial charge >= 0.3 is 5.97 Å². The molecule has 1 aromatic heterocycles. The number of aryl methyl sites for hydroxylation is 1. The molecule has 0 saturated heterocycles. The quantitative estimate of drug-likeness (QED) is 0.676. The Morgan fingerprint density at radius 2 is 1.84 bits per heavy atom. The van der Waals surface area contributed by atoms with Gasteiger partial charge in [-0.05, 0) is 36.9 Å². The molecule has 1 amide bonds. The highest BCUT2D eigenvalue weighted by Crippen LogP contribution is 2.33. The number of methoxy groups -OCH3 is 1. The second-order valence-corrected chi connectivity index (χ2v) is 5.80. The third-order valence-electron chi connectivity index (χ3n) is 4.22. The average molecular weight is 337 g/mol. The van der Waals surface area contributed by atoms with E-state index in [1.807, 2.05) is 43.3 Å². The van der Waals surface area contributed by atoms with E-state index in [1.165, 1.54) is 18.3 Å². The van der Waals surface area contributed by atoms with Gasteiger partial charge in [0.25, 0.3) is 5.91 Å². The van der Waals surface area contributed by atoms with Crippen LogP contribution in [0.25, 0.3) is 10.8 Å². The largest absolute Gasteiger partial charge is 0.467 e. The van der Waals surface area contributed by atoms with Gasteiger partial charge in [0.05, 0.1) is 19.1 Å². The number of fused-ring (bicyclic) bond motifs is 1. The molecule has 0 spiro atoms. The number of benzene rings is 2. The van der Waals surface area contributed by atoms with Gasteiger partial charge in [0.1, 0.15) is 6.04 Å². The minimum absolute atomic E-state index is 0.170. The van der Waals surface area contributed by atoms with Crippen molar-refractivity contribution in [3.8, 4) is 0 Å². The fourth-order valence-electron chi connectivity index (χ4n) is 2.95. The molecular weight excluding hydrogens is 318 g/mol. The normalized spacial score (nSPS) is 12.0. The standard InChI is InChI=1S/C20H19NO4/c1-13-10-11-15-7-4-5-8-16(15)18(13)21(14(2)20(23)24-3)19(22)17-9-6-12-25-17/h4-12,14H,1-3H3/t14-/m0/s1. The van der Waals surface area contributed by atoms with Crippen LogP contribution in [0.5, 0.6) is 0 Å². The van der Waals surface area contributed by atoms with Crippen molar-refractivity contribution in [2.75, 3.05) is 12.0 Å². The Morgan fingerprint density at radius 1 is 1.08 bits per heavy atom. The summed E-state index contributed by atoms with van der Waals surface area (Å²) in [5.74, 6) is -0.710. The molecule has 128 valence electrons. The number of nitrogens with zero attached hydrogens (tertiary/aromatic N) is 1. The monoisotopic (exact) mass is 337 g/mol. The SMILES string of the molecule is COC(=O)[C@H](C)N(C(=O)c1ccco1)c1c(C)ccc2ccccc12. The molecule has 2 aromatic carbocycles. The summed E-state index contributed by atoms with van der Waals surface area (Å²) in [6.07, 6.45) is 1.43. The molecule has 0 bridgehead atoms. The minimum atomic E-state index is -0.799. The first-order valence-corrected chi connectivity index (χ1v) is 7.98. The molecule has 3 rings (SSSR count). The Bertz CT molecular complexity index is 915. The maximum absolute atomic E-state index is 13.1. The van der Waals surface area contributed by atoms with E-state index in [2.05, 4.69) is 0 Å². The van der Waals surface area contributed by atoms with Crippen LogP contribution >= 0.6 is 0 Å². The van der Waals surface area contributed by atoms with Gasteiger partial charge < -0.3 is 9.15 Å². The van der Waals surface area contributed by atoms with Crippen LogP contribution in [-0.2, 0) is 9.53 Å². The van der Waals surface area contributed by atoms with Crippen molar-refractivity contribution >= 4 is 28.3 Å². The van der Waals surface area contributed by atoms with Crippen LogP contribution in [-0.4, -0.2) is 25.0 Å². The molecule has 0 unspecified atom stereocenters. The highest BCUT2D eigenvalue weighted by molar-refractivity contribution is 6.13. The number of esters is 1.